The molecular formula is C16H20ClFN4O. The van der Waals surface area contributed by atoms with Crippen molar-refractivity contribution >= 4 is 17.6 Å². The molecule has 1 aromatic carbocycles. The lowest BCUT2D eigenvalue weighted by Gasteiger charge is -2.22. The lowest BCUT2D eigenvalue weighted by Crippen LogP contribution is -2.38. The third-order valence-electron chi connectivity index (χ3n) is 3.51. The number of nitrogens with zero attached hydrogens (tertiary/aromatic N) is 3. The second-order valence-corrected chi connectivity index (χ2v) is 5.74. The zero-order valence-electron chi connectivity index (χ0n) is 13.3. The number of phenolic OH excluding ortho intramolecular Hbond substituents is 1. The van der Waals surface area contributed by atoms with Gasteiger partial charge in [0.1, 0.15) is 0 Å². The largest absolute Gasteiger partial charge is 0.505 e. The number of nitrogens with one attached hydrogen (secondary N) is 1. The number of phenols is 1. The number of aliphatic imine (C=N–C) groups is 1. The zero-order chi connectivity index (χ0) is 17.0. The van der Waals surface area contributed by atoms with Crippen LogP contribution in [0.5, 0.6) is 5.75 Å². The highest BCUT2D eigenvalue weighted by atomic mass is 35.5. The predicted octanol–water partition coefficient (Wildman–Crippen LogP) is 2.73. The average Bonchev–Trinajstić information content (AvgIpc) is 2.81. The molecule has 23 heavy (non-hydrogen) atoms. The van der Waals surface area contributed by atoms with Gasteiger partial charge in [-0.1, -0.05) is 17.7 Å². The van der Waals surface area contributed by atoms with Crippen LogP contribution in [0, 0.1) is 5.82 Å². The number of halogens is 2. The number of hydrogen-bond donors (Lipinski definition) is 2. The molecule has 0 aliphatic heterocycles. The molecule has 0 aliphatic carbocycles. The molecule has 0 unspecified atom stereocenters. The maximum atomic E-state index is 13.3. The molecule has 0 fully saturated rings. The summed E-state index contributed by atoms with van der Waals surface area (Å²) in [5, 5.41) is 13.1. The summed E-state index contributed by atoms with van der Waals surface area (Å²) in [7, 11) is 5.53. The van der Waals surface area contributed by atoms with Gasteiger partial charge in [-0.15, -0.1) is 0 Å². The molecule has 2 aromatic rings. The molecule has 1 aromatic heterocycles. The fourth-order valence-electron chi connectivity index (χ4n) is 2.27. The maximum Gasteiger partial charge on any atom is 0.194 e. The van der Waals surface area contributed by atoms with Crippen molar-refractivity contribution in [3.05, 3.63) is 52.6 Å². The molecular weight excluding hydrogens is 319 g/mol. The van der Waals surface area contributed by atoms with Crippen molar-refractivity contribution in [3.63, 3.8) is 0 Å². The van der Waals surface area contributed by atoms with E-state index in [-0.39, 0.29) is 5.75 Å². The summed E-state index contributed by atoms with van der Waals surface area (Å²) in [6, 6.07) is 6.20. The Labute approximate surface area is 140 Å². The fourth-order valence-corrected chi connectivity index (χ4v) is 2.54. The topological polar surface area (TPSA) is 52.8 Å². The summed E-state index contributed by atoms with van der Waals surface area (Å²) < 4.78 is 15.3. The highest BCUT2D eigenvalue weighted by Gasteiger charge is 2.10. The van der Waals surface area contributed by atoms with Gasteiger partial charge in [-0.2, -0.15) is 0 Å². The maximum absolute atomic E-state index is 13.3. The molecule has 0 saturated carbocycles. The van der Waals surface area contributed by atoms with E-state index in [4.69, 9.17) is 11.6 Å². The van der Waals surface area contributed by atoms with Crippen LogP contribution in [-0.4, -0.2) is 34.6 Å². The molecule has 124 valence electrons. The second-order valence-electron chi connectivity index (χ2n) is 5.30. The van der Waals surface area contributed by atoms with Gasteiger partial charge in [0.15, 0.2) is 17.5 Å². The van der Waals surface area contributed by atoms with E-state index in [1.165, 1.54) is 12.1 Å². The van der Waals surface area contributed by atoms with Crippen LogP contribution in [0.4, 0.5) is 4.39 Å². The van der Waals surface area contributed by atoms with Crippen molar-refractivity contribution in [1.82, 2.24) is 14.8 Å². The van der Waals surface area contributed by atoms with Crippen molar-refractivity contribution < 1.29 is 9.50 Å². The van der Waals surface area contributed by atoms with Crippen molar-refractivity contribution in [2.75, 3.05) is 14.1 Å². The molecule has 0 amide bonds. The first-order chi connectivity index (χ1) is 10.9. The van der Waals surface area contributed by atoms with Gasteiger partial charge in [-0.25, -0.2) is 4.39 Å². The number of hydrogen-bond acceptors (Lipinski definition) is 2. The first-order valence-electron chi connectivity index (χ1n) is 7.10. The second kappa shape index (κ2) is 7.37. The standard InChI is InChI=1S/C16H20ClFN4O/c1-19-16(20-8-11-4-5-15(23)14(18)6-11)22(3)10-13-7-12(17)9-21(13)2/h4-7,9,23H,8,10H2,1-3H3,(H,19,20). The number of aryl methyl sites for hydroxylation is 1. The minimum absolute atomic E-state index is 0.351. The van der Waals surface area contributed by atoms with Crippen LogP contribution >= 0.6 is 11.6 Å². The Morgan fingerprint density at radius 2 is 2.17 bits per heavy atom. The highest BCUT2D eigenvalue weighted by molar-refractivity contribution is 6.30. The molecule has 0 spiro atoms. The van der Waals surface area contributed by atoms with E-state index in [1.54, 1.807) is 13.1 Å². The minimum atomic E-state index is -0.633. The van der Waals surface area contributed by atoms with Gasteiger partial charge in [0.25, 0.3) is 0 Å². The van der Waals surface area contributed by atoms with Gasteiger partial charge in [-0.3, -0.25) is 4.99 Å². The Hall–Kier alpha value is -2.21. The molecule has 7 heteroatoms. The average molecular weight is 339 g/mol. The number of rotatable bonds is 4. The third-order valence-corrected chi connectivity index (χ3v) is 3.72. The number of aromatic nitrogens is 1. The van der Waals surface area contributed by atoms with Gasteiger partial charge in [0.2, 0.25) is 0 Å². The van der Waals surface area contributed by atoms with Crippen LogP contribution in [0.2, 0.25) is 5.02 Å². The highest BCUT2D eigenvalue weighted by Crippen LogP contribution is 2.16. The van der Waals surface area contributed by atoms with Crippen LogP contribution in [0.1, 0.15) is 11.3 Å². The lowest BCUT2D eigenvalue weighted by molar-refractivity contribution is 0.431. The van der Waals surface area contributed by atoms with E-state index in [0.717, 1.165) is 11.3 Å². The Morgan fingerprint density at radius 1 is 1.43 bits per heavy atom. The molecule has 1 heterocycles. The molecule has 0 bridgehead atoms. The van der Waals surface area contributed by atoms with Gasteiger partial charge < -0.3 is 19.9 Å². The Kier molecular flexibility index (Phi) is 5.50. The monoisotopic (exact) mass is 338 g/mol. The number of guanidine groups is 1. The van der Waals surface area contributed by atoms with Crippen LogP contribution in [0.25, 0.3) is 0 Å². The lowest BCUT2D eigenvalue weighted by atomic mass is 10.2. The van der Waals surface area contributed by atoms with Crippen molar-refractivity contribution in [2.24, 2.45) is 12.0 Å². The third kappa shape index (κ3) is 4.39. The molecule has 0 saturated heterocycles. The molecule has 0 radical (unpaired) electrons. The summed E-state index contributed by atoms with van der Waals surface area (Å²) in [6.45, 7) is 1.04. The first kappa shape index (κ1) is 17.1. The zero-order valence-corrected chi connectivity index (χ0v) is 14.1. The molecule has 2 rings (SSSR count). The van der Waals surface area contributed by atoms with E-state index < -0.39 is 5.82 Å². The van der Waals surface area contributed by atoms with Gasteiger partial charge in [0, 0.05) is 39.6 Å². The minimum Gasteiger partial charge on any atom is -0.505 e. The Balaban J connectivity index is 1.99. The Morgan fingerprint density at radius 3 is 2.74 bits per heavy atom. The van der Waals surface area contributed by atoms with E-state index in [2.05, 4.69) is 10.3 Å². The molecule has 5 nitrogen and oxygen atoms in total. The normalized spacial score (nSPS) is 11.6. The van der Waals surface area contributed by atoms with Crippen molar-refractivity contribution in [1.29, 1.82) is 0 Å². The van der Waals surface area contributed by atoms with Gasteiger partial charge in [0.05, 0.1) is 11.6 Å². The quantitative estimate of drug-likeness (QED) is 0.665. The first-order valence-corrected chi connectivity index (χ1v) is 7.48. The molecule has 0 aliphatic rings. The van der Waals surface area contributed by atoms with Gasteiger partial charge >= 0.3 is 0 Å². The van der Waals surface area contributed by atoms with Crippen LogP contribution in [-0.2, 0) is 20.1 Å². The fraction of sp³-hybridized carbons (Fsp3) is 0.312. The summed E-state index contributed by atoms with van der Waals surface area (Å²) in [5.41, 5.74) is 1.77. The van der Waals surface area contributed by atoms with Crippen LogP contribution < -0.4 is 5.32 Å². The summed E-state index contributed by atoms with van der Waals surface area (Å²) in [6.07, 6.45) is 1.85. The summed E-state index contributed by atoms with van der Waals surface area (Å²) in [4.78, 5) is 6.17. The van der Waals surface area contributed by atoms with E-state index in [1.807, 2.05) is 35.8 Å². The van der Waals surface area contributed by atoms with E-state index >= 15 is 0 Å². The molecule has 0 atom stereocenters. The van der Waals surface area contributed by atoms with Gasteiger partial charge in [-0.05, 0) is 23.8 Å². The smallest absolute Gasteiger partial charge is 0.194 e. The summed E-state index contributed by atoms with van der Waals surface area (Å²) in [5.74, 6) is -0.308. The van der Waals surface area contributed by atoms with E-state index in [9.17, 15) is 9.50 Å². The van der Waals surface area contributed by atoms with Crippen molar-refractivity contribution in [3.8, 4) is 5.75 Å². The number of aromatic hydroxyl groups is 1. The number of benzene rings is 1. The SMILES string of the molecule is CN=C(NCc1ccc(O)c(F)c1)N(C)Cc1cc(Cl)cn1C. The Bertz CT molecular complexity index is 714. The van der Waals surface area contributed by atoms with E-state index in [0.29, 0.717) is 24.1 Å². The van der Waals surface area contributed by atoms with Crippen molar-refractivity contribution in [2.45, 2.75) is 13.1 Å². The van der Waals surface area contributed by atoms with Crippen LogP contribution in [0.3, 0.4) is 0 Å². The van der Waals surface area contributed by atoms with Crippen LogP contribution in [0.15, 0.2) is 35.5 Å². The predicted molar refractivity (Wildman–Crippen MR) is 90.2 cm³/mol. The molecule has 2 N–H and O–H groups in total. The summed E-state index contributed by atoms with van der Waals surface area (Å²) >= 11 is 5.99.